The van der Waals surface area contributed by atoms with Gasteiger partial charge in [-0.3, -0.25) is 9.89 Å². The predicted molar refractivity (Wildman–Crippen MR) is 114 cm³/mol. The van der Waals surface area contributed by atoms with E-state index in [1.807, 2.05) is 14.1 Å². The molecule has 0 saturated carbocycles. The molecule has 158 valence electrons. The third-order valence-electron chi connectivity index (χ3n) is 5.67. The number of hydrogen-bond donors (Lipinski definition) is 3. The third kappa shape index (κ3) is 3.51. The first-order valence-electron chi connectivity index (χ1n) is 10.0. The van der Waals surface area contributed by atoms with Gasteiger partial charge >= 0.3 is 0 Å². The van der Waals surface area contributed by atoms with Crippen molar-refractivity contribution in [2.75, 3.05) is 14.1 Å². The molecular weight excluding hydrogens is 397 g/mol. The molecule has 2 atom stereocenters. The molecule has 2 aromatic carbocycles. The van der Waals surface area contributed by atoms with Gasteiger partial charge in [-0.2, -0.15) is 10.2 Å². The van der Waals surface area contributed by atoms with Crippen molar-refractivity contribution < 1.29 is 4.39 Å². The molecule has 3 heterocycles. The molecule has 3 N–H and O–H groups in total. The van der Waals surface area contributed by atoms with Crippen LogP contribution in [-0.4, -0.2) is 44.4 Å². The second kappa shape index (κ2) is 7.68. The Morgan fingerprint density at radius 2 is 1.97 bits per heavy atom. The normalized spacial score (nSPS) is 18.5. The summed E-state index contributed by atoms with van der Waals surface area (Å²) in [5.74, 6) is -0.184. The second-order valence-corrected chi connectivity index (χ2v) is 8.11. The largest absolute Gasteiger partial charge is 0.305 e. The predicted octanol–water partition coefficient (Wildman–Crippen LogP) is 2.22. The van der Waals surface area contributed by atoms with Gasteiger partial charge in [-0.1, -0.05) is 24.3 Å². The van der Waals surface area contributed by atoms with Gasteiger partial charge in [-0.25, -0.2) is 14.5 Å². The summed E-state index contributed by atoms with van der Waals surface area (Å²) in [5, 5.41) is 18.4. The highest BCUT2D eigenvalue weighted by molar-refractivity contribution is 5.88. The summed E-state index contributed by atoms with van der Waals surface area (Å²) in [5.41, 5.74) is 3.16. The zero-order valence-electron chi connectivity index (χ0n) is 17.2. The molecule has 2 unspecified atom stereocenters. The molecule has 5 rings (SSSR count). The molecule has 4 aromatic rings. The topological polar surface area (TPSA) is 103 Å². The van der Waals surface area contributed by atoms with E-state index in [2.05, 4.69) is 59.9 Å². The van der Waals surface area contributed by atoms with Crippen LogP contribution in [0.1, 0.15) is 40.2 Å². The number of aromatic amines is 2. The monoisotopic (exact) mass is 419 g/mol. The van der Waals surface area contributed by atoms with E-state index in [-0.39, 0.29) is 17.3 Å². The van der Waals surface area contributed by atoms with Gasteiger partial charge in [-0.15, -0.1) is 0 Å². The van der Waals surface area contributed by atoms with Crippen molar-refractivity contribution in [1.29, 1.82) is 0 Å². The maximum Gasteiger partial charge on any atom is 0.272 e. The summed E-state index contributed by atoms with van der Waals surface area (Å²) in [4.78, 5) is 18.9. The molecular formula is C22H22FN7O. The maximum atomic E-state index is 14.3. The Balaban J connectivity index is 1.69. The summed E-state index contributed by atoms with van der Waals surface area (Å²) < 4.78 is 14.3. The Bertz CT molecular complexity index is 1280. The van der Waals surface area contributed by atoms with Crippen molar-refractivity contribution in [2.45, 2.75) is 25.0 Å². The lowest BCUT2D eigenvalue weighted by molar-refractivity contribution is 0.402. The molecule has 0 bridgehead atoms. The van der Waals surface area contributed by atoms with Crippen molar-refractivity contribution >= 4 is 10.8 Å². The molecule has 9 heteroatoms. The summed E-state index contributed by atoms with van der Waals surface area (Å²) >= 11 is 0. The minimum Gasteiger partial charge on any atom is -0.305 e. The van der Waals surface area contributed by atoms with Gasteiger partial charge in [0.15, 0.2) is 0 Å². The number of aromatic nitrogens is 5. The Morgan fingerprint density at radius 1 is 1.16 bits per heavy atom. The van der Waals surface area contributed by atoms with Crippen molar-refractivity contribution in [2.24, 2.45) is 0 Å². The Hall–Kier alpha value is -3.43. The quantitative estimate of drug-likeness (QED) is 0.469. The molecule has 1 aliphatic heterocycles. The van der Waals surface area contributed by atoms with E-state index in [1.54, 1.807) is 0 Å². The fraction of sp³-hybridized carbons (Fsp3) is 0.273. The minimum atomic E-state index is -0.449. The molecule has 0 spiro atoms. The van der Waals surface area contributed by atoms with E-state index < -0.39 is 11.4 Å². The fourth-order valence-corrected chi connectivity index (χ4v) is 4.39. The highest BCUT2D eigenvalue weighted by atomic mass is 19.1. The lowest BCUT2D eigenvalue weighted by Gasteiger charge is -2.25. The highest BCUT2D eigenvalue weighted by Crippen LogP contribution is 2.40. The van der Waals surface area contributed by atoms with Crippen molar-refractivity contribution in [1.82, 2.24) is 35.6 Å². The van der Waals surface area contributed by atoms with Crippen molar-refractivity contribution in [3.8, 4) is 0 Å². The number of H-pyrrole nitrogens is 2. The standard InChI is InChI=1S/C22H22FN7O/c1-30(2)10-12-3-5-13(6-4-12)19-18(21-25-11-26-28-21)20-17-14(9-24-19)7-15(23)8-16(17)22(31)29-27-20/h3-8,11,18-19,24H,9-10H2,1-2H3,(H,29,31)(H,25,26,28). The fourth-order valence-electron chi connectivity index (χ4n) is 4.39. The second-order valence-electron chi connectivity index (χ2n) is 8.11. The first-order valence-corrected chi connectivity index (χ1v) is 10.0. The van der Waals surface area contributed by atoms with E-state index in [1.165, 1.54) is 24.0 Å². The number of hydrogen-bond acceptors (Lipinski definition) is 6. The molecule has 31 heavy (non-hydrogen) atoms. The maximum absolute atomic E-state index is 14.3. The van der Waals surface area contributed by atoms with Crippen LogP contribution in [0.3, 0.4) is 0 Å². The van der Waals surface area contributed by atoms with Gasteiger partial charge < -0.3 is 10.2 Å². The lowest BCUT2D eigenvalue weighted by Crippen LogP contribution is -2.27. The average Bonchev–Trinajstić information content (AvgIpc) is 3.21. The van der Waals surface area contributed by atoms with Crippen LogP contribution in [-0.2, 0) is 13.1 Å². The minimum absolute atomic E-state index is 0.210. The zero-order valence-corrected chi connectivity index (χ0v) is 17.2. The molecule has 0 saturated heterocycles. The summed E-state index contributed by atoms with van der Waals surface area (Å²) in [6.07, 6.45) is 1.45. The summed E-state index contributed by atoms with van der Waals surface area (Å²) in [6.45, 7) is 1.23. The van der Waals surface area contributed by atoms with Crippen LogP contribution >= 0.6 is 0 Å². The zero-order chi connectivity index (χ0) is 21.5. The molecule has 0 fully saturated rings. The van der Waals surface area contributed by atoms with Gasteiger partial charge in [0.25, 0.3) is 5.56 Å². The van der Waals surface area contributed by atoms with Crippen LogP contribution in [0.4, 0.5) is 4.39 Å². The van der Waals surface area contributed by atoms with Gasteiger partial charge in [0.05, 0.1) is 17.0 Å². The first kappa shape index (κ1) is 19.5. The van der Waals surface area contributed by atoms with Crippen LogP contribution in [0.15, 0.2) is 47.5 Å². The molecule has 1 aliphatic rings. The summed E-state index contributed by atoms with van der Waals surface area (Å²) in [7, 11) is 4.06. The van der Waals surface area contributed by atoms with Gasteiger partial charge in [-0.05, 0) is 42.9 Å². The Morgan fingerprint density at radius 3 is 2.68 bits per heavy atom. The van der Waals surface area contributed by atoms with Crippen LogP contribution in [0.5, 0.6) is 0 Å². The molecule has 8 nitrogen and oxygen atoms in total. The average molecular weight is 419 g/mol. The number of nitrogens with zero attached hydrogens (tertiary/aromatic N) is 4. The third-order valence-corrected chi connectivity index (χ3v) is 5.67. The van der Waals surface area contributed by atoms with E-state index in [9.17, 15) is 9.18 Å². The van der Waals surface area contributed by atoms with Crippen LogP contribution in [0.2, 0.25) is 0 Å². The number of rotatable bonds is 4. The van der Waals surface area contributed by atoms with Gasteiger partial charge in [0, 0.05) is 24.5 Å². The number of halogens is 1. The van der Waals surface area contributed by atoms with Crippen LogP contribution in [0, 0.1) is 5.82 Å². The van der Waals surface area contributed by atoms with E-state index in [0.717, 1.165) is 12.1 Å². The first-order chi connectivity index (χ1) is 15.0. The Labute approximate surface area is 177 Å². The highest BCUT2D eigenvalue weighted by Gasteiger charge is 2.35. The SMILES string of the molecule is CN(C)Cc1ccc(C2NCc3cc(F)cc4c(=O)[nH]nc(c34)C2c2ncn[nH]2)cc1. The van der Waals surface area contributed by atoms with Crippen molar-refractivity contribution in [3.63, 3.8) is 0 Å². The Kier molecular flexibility index (Phi) is 4.84. The smallest absolute Gasteiger partial charge is 0.272 e. The molecule has 0 amide bonds. The molecule has 2 aromatic heterocycles. The van der Waals surface area contributed by atoms with Crippen molar-refractivity contribution in [3.05, 3.63) is 87.1 Å². The van der Waals surface area contributed by atoms with Gasteiger partial charge in [0.1, 0.15) is 18.0 Å². The molecule has 0 radical (unpaired) electrons. The number of nitrogens with one attached hydrogen (secondary N) is 3. The lowest BCUT2D eigenvalue weighted by atomic mass is 9.87. The summed E-state index contributed by atoms with van der Waals surface area (Å²) in [6, 6.07) is 10.9. The van der Waals surface area contributed by atoms with Gasteiger partial charge in [0.2, 0.25) is 0 Å². The van der Waals surface area contributed by atoms with E-state index in [4.69, 9.17) is 0 Å². The van der Waals surface area contributed by atoms with Crippen LogP contribution in [0.25, 0.3) is 10.8 Å². The molecule has 0 aliphatic carbocycles. The van der Waals surface area contributed by atoms with Crippen LogP contribution < -0.4 is 10.9 Å². The van der Waals surface area contributed by atoms with E-state index in [0.29, 0.717) is 29.0 Å². The van der Waals surface area contributed by atoms with E-state index >= 15 is 0 Å². The number of benzene rings is 2.